The van der Waals surface area contributed by atoms with Crippen LogP contribution < -0.4 is 10.6 Å². The SMILES string of the molecule is CN(CC(C)(C)O)n1c(=S)[nH]c2ccccc2c1=O. The number of benzene rings is 1. The molecule has 0 saturated carbocycles. The number of hydrogen-bond acceptors (Lipinski definition) is 4. The standard InChI is InChI=1S/C13H17N3O2S/c1-13(2,18)8-15(3)16-11(17)9-6-4-5-7-10(9)14-12(16)19/h4-7,18H,8H2,1-3H3,(H,14,19). The van der Waals surface area contributed by atoms with E-state index >= 15 is 0 Å². The van der Waals surface area contributed by atoms with Crippen LogP contribution in [0.2, 0.25) is 0 Å². The van der Waals surface area contributed by atoms with Gasteiger partial charge in [-0.25, -0.2) is 0 Å². The highest BCUT2D eigenvalue weighted by Crippen LogP contribution is 2.07. The fourth-order valence-corrected chi connectivity index (χ4v) is 2.43. The molecule has 0 bridgehead atoms. The fourth-order valence-electron chi connectivity index (χ4n) is 2.09. The minimum Gasteiger partial charge on any atom is -0.389 e. The lowest BCUT2D eigenvalue weighted by Gasteiger charge is -2.28. The molecule has 2 aromatic rings. The van der Waals surface area contributed by atoms with Crippen LogP contribution in [0.1, 0.15) is 13.8 Å². The molecule has 0 amide bonds. The minimum atomic E-state index is -0.915. The first-order valence-corrected chi connectivity index (χ1v) is 6.38. The van der Waals surface area contributed by atoms with Gasteiger partial charge in [-0.1, -0.05) is 12.1 Å². The maximum atomic E-state index is 12.4. The van der Waals surface area contributed by atoms with Crippen molar-refractivity contribution >= 4 is 23.1 Å². The number of rotatable bonds is 3. The van der Waals surface area contributed by atoms with Crippen molar-refractivity contribution in [3.63, 3.8) is 0 Å². The molecule has 1 heterocycles. The maximum Gasteiger partial charge on any atom is 0.280 e. The first-order chi connectivity index (χ1) is 8.79. The van der Waals surface area contributed by atoms with E-state index in [2.05, 4.69) is 4.98 Å². The molecule has 1 aromatic carbocycles. The number of hydrogen-bond donors (Lipinski definition) is 2. The Labute approximate surface area is 116 Å². The Hall–Kier alpha value is -1.66. The maximum absolute atomic E-state index is 12.4. The van der Waals surface area contributed by atoms with Gasteiger partial charge in [0.15, 0.2) is 4.77 Å². The third-order valence-electron chi connectivity index (χ3n) is 2.74. The predicted octanol–water partition coefficient (Wildman–Crippen LogP) is 1.40. The molecule has 0 spiro atoms. The number of fused-ring (bicyclic) bond motifs is 1. The lowest BCUT2D eigenvalue weighted by Crippen LogP contribution is -2.47. The molecule has 6 heteroatoms. The van der Waals surface area contributed by atoms with E-state index < -0.39 is 5.60 Å². The highest BCUT2D eigenvalue weighted by Gasteiger charge is 2.18. The van der Waals surface area contributed by atoms with Crippen molar-refractivity contribution in [2.24, 2.45) is 0 Å². The molecule has 0 radical (unpaired) electrons. The molecule has 0 fully saturated rings. The van der Waals surface area contributed by atoms with Gasteiger partial charge in [-0.15, -0.1) is 0 Å². The van der Waals surface area contributed by atoms with E-state index in [1.165, 1.54) is 4.68 Å². The van der Waals surface area contributed by atoms with Gasteiger partial charge in [0.05, 0.1) is 23.0 Å². The summed E-state index contributed by atoms with van der Waals surface area (Å²) < 4.78 is 1.69. The second-order valence-corrected chi connectivity index (χ2v) is 5.61. The molecular formula is C13H17N3O2S. The smallest absolute Gasteiger partial charge is 0.280 e. The zero-order valence-corrected chi connectivity index (χ0v) is 12.0. The van der Waals surface area contributed by atoms with Gasteiger partial charge >= 0.3 is 0 Å². The van der Waals surface area contributed by atoms with Gasteiger partial charge in [0.25, 0.3) is 5.56 Å². The number of aliphatic hydroxyl groups is 1. The van der Waals surface area contributed by atoms with Gasteiger partial charge in [-0.05, 0) is 38.2 Å². The average molecular weight is 279 g/mol. The van der Waals surface area contributed by atoms with Crippen molar-refractivity contribution < 1.29 is 5.11 Å². The molecule has 19 heavy (non-hydrogen) atoms. The number of likely N-dealkylation sites (N-methyl/N-ethyl adjacent to an activating group) is 1. The van der Waals surface area contributed by atoms with E-state index in [0.29, 0.717) is 22.2 Å². The predicted molar refractivity (Wildman–Crippen MR) is 78.7 cm³/mol. The topological polar surface area (TPSA) is 61.3 Å². The number of nitrogens with one attached hydrogen (secondary N) is 1. The first kappa shape index (κ1) is 13.8. The first-order valence-electron chi connectivity index (χ1n) is 5.97. The van der Waals surface area contributed by atoms with Crippen molar-refractivity contribution in [1.82, 2.24) is 9.66 Å². The van der Waals surface area contributed by atoms with E-state index in [1.54, 1.807) is 38.0 Å². The van der Waals surface area contributed by atoms with E-state index in [4.69, 9.17) is 12.2 Å². The Morgan fingerprint density at radius 2 is 2.05 bits per heavy atom. The van der Waals surface area contributed by atoms with E-state index in [-0.39, 0.29) is 5.56 Å². The molecule has 1 aromatic heterocycles. The van der Waals surface area contributed by atoms with Crippen molar-refractivity contribution in [2.75, 3.05) is 18.6 Å². The normalized spacial score (nSPS) is 11.8. The zero-order chi connectivity index (χ0) is 14.2. The van der Waals surface area contributed by atoms with Crippen LogP contribution in [0.15, 0.2) is 29.1 Å². The molecule has 0 unspecified atom stereocenters. The zero-order valence-electron chi connectivity index (χ0n) is 11.2. The van der Waals surface area contributed by atoms with Crippen LogP contribution in [0.4, 0.5) is 0 Å². The van der Waals surface area contributed by atoms with Crippen LogP contribution in [-0.2, 0) is 0 Å². The molecule has 0 aliphatic heterocycles. The molecule has 0 aliphatic rings. The number of aromatic amines is 1. The van der Waals surface area contributed by atoms with Crippen LogP contribution in [-0.4, -0.2) is 34.0 Å². The molecule has 2 N–H and O–H groups in total. The van der Waals surface area contributed by atoms with E-state index in [1.807, 2.05) is 12.1 Å². The Balaban J connectivity index is 2.61. The van der Waals surface area contributed by atoms with Crippen molar-refractivity contribution in [3.8, 4) is 0 Å². The van der Waals surface area contributed by atoms with Gasteiger partial charge in [0.1, 0.15) is 0 Å². The molecule has 5 nitrogen and oxygen atoms in total. The quantitative estimate of drug-likeness (QED) is 0.834. The number of nitrogens with zero attached hydrogens (tertiary/aromatic N) is 2. The summed E-state index contributed by atoms with van der Waals surface area (Å²) in [6.07, 6.45) is 0. The lowest BCUT2D eigenvalue weighted by atomic mass is 10.1. The molecule has 0 saturated heterocycles. The average Bonchev–Trinajstić information content (AvgIpc) is 2.26. The summed E-state index contributed by atoms with van der Waals surface area (Å²) in [4.78, 5) is 15.4. The highest BCUT2D eigenvalue weighted by molar-refractivity contribution is 7.71. The van der Waals surface area contributed by atoms with Gasteiger partial charge in [0, 0.05) is 7.05 Å². The Morgan fingerprint density at radius 1 is 1.42 bits per heavy atom. The summed E-state index contributed by atoms with van der Waals surface area (Å²) in [5.74, 6) is 0. The summed E-state index contributed by atoms with van der Waals surface area (Å²) in [5, 5.41) is 12.0. The Morgan fingerprint density at radius 3 is 2.68 bits per heavy atom. The molecular weight excluding hydrogens is 262 g/mol. The highest BCUT2D eigenvalue weighted by atomic mass is 32.1. The van der Waals surface area contributed by atoms with Gasteiger partial charge in [0.2, 0.25) is 0 Å². The van der Waals surface area contributed by atoms with Crippen molar-refractivity contribution in [3.05, 3.63) is 39.4 Å². The van der Waals surface area contributed by atoms with Crippen LogP contribution in [0.5, 0.6) is 0 Å². The summed E-state index contributed by atoms with van der Waals surface area (Å²) in [5.41, 5.74) is -0.391. The molecule has 2 rings (SSSR count). The third-order valence-corrected chi connectivity index (χ3v) is 3.02. The van der Waals surface area contributed by atoms with Crippen LogP contribution in [0.3, 0.4) is 0 Å². The molecule has 0 aliphatic carbocycles. The van der Waals surface area contributed by atoms with Crippen molar-refractivity contribution in [1.29, 1.82) is 0 Å². The van der Waals surface area contributed by atoms with Gasteiger partial charge in [-0.2, -0.15) is 4.68 Å². The van der Waals surface area contributed by atoms with Crippen LogP contribution >= 0.6 is 12.2 Å². The van der Waals surface area contributed by atoms with E-state index in [0.717, 1.165) is 0 Å². The number of para-hydroxylation sites is 1. The Kier molecular flexibility index (Phi) is 3.47. The van der Waals surface area contributed by atoms with Crippen LogP contribution in [0.25, 0.3) is 10.9 Å². The minimum absolute atomic E-state index is 0.189. The van der Waals surface area contributed by atoms with Gasteiger partial charge < -0.3 is 15.1 Å². The third kappa shape index (κ3) is 2.85. The molecule has 102 valence electrons. The summed E-state index contributed by atoms with van der Waals surface area (Å²) in [6.45, 7) is 3.66. The Bertz CT molecular complexity index is 712. The number of H-pyrrole nitrogens is 1. The summed E-state index contributed by atoms with van der Waals surface area (Å²) >= 11 is 5.22. The summed E-state index contributed by atoms with van der Waals surface area (Å²) in [6, 6.07) is 7.21. The largest absolute Gasteiger partial charge is 0.389 e. The van der Waals surface area contributed by atoms with E-state index in [9.17, 15) is 9.90 Å². The number of aromatic nitrogens is 2. The fraction of sp³-hybridized carbons (Fsp3) is 0.385. The van der Waals surface area contributed by atoms with Crippen molar-refractivity contribution in [2.45, 2.75) is 19.4 Å². The second-order valence-electron chi connectivity index (χ2n) is 5.22. The lowest BCUT2D eigenvalue weighted by molar-refractivity contribution is 0.0829. The van der Waals surface area contributed by atoms with Crippen LogP contribution in [0, 0.1) is 4.77 Å². The second kappa shape index (κ2) is 4.79. The van der Waals surface area contributed by atoms with Gasteiger partial charge in [-0.3, -0.25) is 4.79 Å². The monoisotopic (exact) mass is 279 g/mol. The summed E-state index contributed by atoms with van der Waals surface area (Å²) in [7, 11) is 1.72. The molecule has 0 atom stereocenters.